The lowest BCUT2D eigenvalue weighted by Gasteiger charge is -2.14. The van der Waals surface area contributed by atoms with Gasteiger partial charge in [-0.15, -0.1) is 0 Å². The van der Waals surface area contributed by atoms with Crippen LogP contribution >= 0.6 is 0 Å². The molecule has 2 aromatic rings. The van der Waals surface area contributed by atoms with Crippen LogP contribution in [0.15, 0.2) is 35.9 Å². The number of carbonyl (C=O) groups excluding carboxylic acids is 1. The summed E-state index contributed by atoms with van der Waals surface area (Å²) >= 11 is 0. The fraction of sp³-hybridized carbons (Fsp3) is 0.429. The third-order valence-electron chi connectivity index (χ3n) is 4.98. The zero-order chi connectivity index (χ0) is 16.9. The minimum atomic E-state index is 0.0923. The van der Waals surface area contributed by atoms with Crippen LogP contribution in [0.2, 0.25) is 0 Å². The molecular formula is C21H26N2O. The van der Waals surface area contributed by atoms with Gasteiger partial charge >= 0.3 is 0 Å². The van der Waals surface area contributed by atoms with Gasteiger partial charge in [0.2, 0.25) is 5.91 Å². The minimum absolute atomic E-state index is 0.0923. The average molecular weight is 322 g/mol. The molecule has 1 aromatic carbocycles. The highest BCUT2D eigenvalue weighted by atomic mass is 16.1. The third kappa shape index (κ3) is 3.84. The number of para-hydroxylation sites is 1. The van der Waals surface area contributed by atoms with E-state index in [0.717, 1.165) is 35.1 Å². The quantitative estimate of drug-likeness (QED) is 0.829. The Balaban J connectivity index is 1.63. The van der Waals surface area contributed by atoms with Crippen molar-refractivity contribution >= 4 is 16.8 Å². The van der Waals surface area contributed by atoms with Crippen molar-refractivity contribution in [3.63, 3.8) is 0 Å². The fourth-order valence-corrected chi connectivity index (χ4v) is 3.55. The predicted octanol–water partition coefficient (Wildman–Crippen LogP) is 4.40. The van der Waals surface area contributed by atoms with E-state index in [0.29, 0.717) is 6.42 Å². The topological polar surface area (TPSA) is 42.0 Å². The van der Waals surface area contributed by atoms with Crippen molar-refractivity contribution in [2.75, 3.05) is 6.54 Å². The number of rotatable bonds is 5. The molecule has 0 saturated carbocycles. The maximum atomic E-state index is 12.3. The zero-order valence-corrected chi connectivity index (χ0v) is 14.7. The first kappa shape index (κ1) is 16.7. The van der Waals surface area contributed by atoms with Gasteiger partial charge in [-0.3, -0.25) is 9.78 Å². The number of pyridine rings is 1. The Morgan fingerprint density at radius 3 is 2.83 bits per heavy atom. The van der Waals surface area contributed by atoms with Crippen molar-refractivity contribution < 1.29 is 4.79 Å². The summed E-state index contributed by atoms with van der Waals surface area (Å²) in [6.07, 6.45) is 8.74. The van der Waals surface area contributed by atoms with Gasteiger partial charge in [0.05, 0.1) is 11.9 Å². The van der Waals surface area contributed by atoms with Gasteiger partial charge in [0.1, 0.15) is 0 Å². The fourth-order valence-electron chi connectivity index (χ4n) is 3.55. The number of nitrogens with zero attached hydrogens (tertiary/aromatic N) is 1. The van der Waals surface area contributed by atoms with E-state index in [9.17, 15) is 4.79 Å². The number of hydrogen-bond acceptors (Lipinski definition) is 2. The van der Waals surface area contributed by atoms with Gasteiger partial charge in [0, 0.05) is 17.6 Å². The SMILES string of the molecule is Cc1nc2ccccc2c(C)c1CC(=O)NCCC1=CCCCC1. The Kier molecular flexibility index (Phi) is 5.29. The van der Waals surface area contributed by atoms with Crippen LogP contribution in [0.4, 0.5) is 0 Å². The molecule has 1 N–H and O–H groups in total. The summed E-state index contributed by atoms with van der Waals surface area (Å²) in [5.74, 6) is 0.0923. The molecule has 1 amide bonds. The molecule has 0 unspecified atom stereocenters. The summed E-state index contributed by atoms with van der Waals surface area (Å²) in [5, 5.41) is 4.21. The van der Waals surface area contributed by atoms with E-state index >= 15 is 0 Å². The summed E-state index contributed by atoms with van der Waals surface area (Å²) in [6, 6.07) is 8.12. The van der Waals surface area contributed by atoms with Crippen LogP contribution in [0.5, 0.6) is 0 Å². The van der Waals surface area contributed by atoms with Crippen LogP contribution in [-0.2, 0) is 11.2 Å². The Hall–Kier alpha value is -2.16. The van der Waals surface area contributed by atoms with Gasteiger partial charge in [-0.2, -0.15) is 0 Å². The molecule has 1 aliphatic carbocycles. The molecular weight excluding hydrogens is 296 g/mol. The molecule has 1 heterocycles. The van der Waals surface area contributed by atoms with Gasteiger partial charge in [0.15, 0.2) is 0 Å². The molecule has 126 valence electrons. The van der Waals surface area contributed by atoms with Crippen LogP contribution in [0, 0.1) is 13.8 Å². The maximum Gasteiger partial charge on any atom is 0.224 e. The summed E-state index contributed by atoms with van der Waals surface area (Å²) in [6.45, 7) is 4.82. The molecule has 0 saturated heterocycles. The number of hydrogen-bond donors (Lipinski definition) is 1. The van der Waals surface area contributed by atoms with E-state index in [1.807, 2.05) is 25.1 Å². The molecule has 0 radical (unpaired) electrons. The highest BCUT2D eigenvalue weighted by Crippen LogP contribution is 2.23. The number of fused-ring (bicyclic) bond motifs is 1. The normalized spacial score (nSPS) is 14.5. The van der Waals surface area contributed by atoms with Gasteiger partial charge < -0.3 is 5.32 Å². The summed E-state index contributed by atoms with van der Waals surface area (Å²) < 4.78 is 0. The second-order valence-electron chi connectivity index (χ2n) is 6.70. The number of aryl methyl sites for hydroxylation is 2. The minimum Gasteiger partial charge on any atom is -0.355 e. The van der Waals surface area contributed by atoms with Crippen LogP contribution in [0.3, 0.4) is 0 Å². The van der Waals surface area contributed by atoms with Crippen LogP contribution in [-0.4, -0.2) is 17.4 Å². The van der Waals surface area contributed by atoms with E-state index < -0.39 is 0 Å². The van der Waals surface area contributed by atoms with Gasteiger partial charge in [0.25, 0.3) is 0 Å². The number of carbonyl (C=O) groups is 1. The first-order valence-electron chi connectivity index (χ1n) is 8.94. The van der Waals surface area contributed by atoms with Gasteiger partial charge in [-0.25, -0.2) is 0 Å². The van der Waals surface area contributed by atoms with E-state index in [2.05, 4.69) is 29.4 Å². The molecule has 3 nitrogen and oxygen atoms in total. The molecule has 0 fully saturated rings. The van der Waals surface area contributed by atoms with E-state index in [-0.39, 0.29) is 5.91 Å². The van der Waals surface area contributed by atoms with E-state index in [1.54, 1.807) is 0 Å². The molecule has 3 heteroatoms. The number of amides is 1. The van der Waals surface area contributed by atoms with Crippen LogP contribution < -0.4 is 5.32 Å². The van der Waals surface area contributed by atoms with Crippen molar-refractivity contribution in [3.05, 3.63) is 52.7 Å². The van der Waals surface area contributed by atoms with Crippen LogP contribution in [0.1, 0.15) is 48.9 Å². The third-order valence-corrected chi connectivity index (χ3v) is 4.98. The smallest absolute Gasteiger partial charge is 0.224 e. The summed E-state index contributed by atoms with van der Waals surface area (Å²) in [5.41, 5.74) is 5.69. The molecule has 1 aliphatic rings. The first-order chi connectivity index (χ1) is 11.6. The van der Waals surface area contributed by atoms with Gasteiger partial charge in [-0.1, -0.05) is 29.8 Å². The monoisotopic (exact) mass is 322 g/mol. The largest absolute Gasteiger partial charge is 0.355 e. The Labute approximate surface area is 144 Å². The van der Waals surface area contributed by atoms with Crippen molar-refractivity contribution in [3.8, 4) is 0 Å². The zero-order valence-electron chi connectivity index (χ0n) is 14.7. The Morgan fingerprint density at radius 1 is 1.21 bits per heavy atom. The lowest BCUT2D eigenvalue weighted by atomic mass is 9.97. The van der Waals surface area contributed by atoms with Gasteiger partial charge in [-0.05, 0) is 63.1 Å². The molecule has 0 bridgehead atoms. The molecule has 3 rings (SSSR count). The van der Waals surface area contributed by atoms with Crippen LogP contribution in [0.25, 0.3) is 10.9 Å². The second kappa shape index (κ2) is 7.61. The number of aromatic nitrogens is 1. The van der Waals surface area contributed by atoms with Crippen molar-refractivity contribution in [2.24, 2.45) is 0 Å². The standard InChI is InChI=1S/C21H26N2O/c1-15-18-10-6-7-11-20(18)23-16(2)19(15)14-21(24)22-13-12-17-8-4-3-5-9-17/h6-8,10-11H,3-5,9,12-14H2,1-2H3,(H,22,24). The average Bonchev–Trinajstić information content (AvgIpc) is 2.59. The van der Waals surface area contributed by atoms with Crippen molar-refractivity contribution in [1.29, 1.82) is 0 Å². The lowest BCUT2D eigenvalue weighted by molar-refractivity contribution is -0.120. The predicted molar refractivity (Wildman–Crippen MR) is 99.1 cm³/mol. The van der Waals surface area contributed by atoms with E-state index in [1.165, 1.54) is 36.8 Å². The summed E-state index contributed by atoms with van der Waals surface area (Å²) in [7, 11) is 0. The lowest BCUT2D eigenvalue weighted by Crippen LogP contribution is -2.27. The number of benzene rings is 1. The Morgan fingerprint density at radius 2 is 2.04 bits per heavy atom. The van der Waals surface area contributed by atoms with Crippen molar-refractivity contribution in [1.82, 2.24) is 10.3 Å². The van der Waals surface area contributed by atoms with E-state index in [4.69, 9.17) is 0 Å². The molecule has 0 atom stereocenters. The number of nitrogens with one attached hydrogen (secondary N) is 1. The Bertz CT molecular complexity index is 777. The highest BCUT2D eigenvalue weighted by Gasteiger charge is 2.13. The molecule has 24 heavy (non-hydrogen) atoms. The second-order valence-corrected chi connectivity index (χ2v) is 6.70. The molecule has 0 aliphatic heterocycles. The number of allylic oxidation sites excluding steroid dienone is 1. The first-order valence-corrected chi connectivity index (χ1v) is 8.94. The highest BCUT2D eigenvalue weighted by molar-refractivity contribution is 5.86. The molecule has 0 spiro atoms. The maximum absolute atomic E-state index is 12.3. The van der Waals surface area contributed by atoms with Crippen molar-refractivity contribution in [2.45, 2.75) is 52.4 Å². The molecule has 1 aromatic heterocycles. The summed E-state index contributed by atoms with van der Waals surface area (Å²) in [4.78, 5) is 17.0.